The highest BCUT2D eigenvalue weighted by Gasteiger charge is 2.61. The molecule has 30 heavy (non-hydrogen) atoms. The van der Waals surface area contributed by atoms with Gasteiger partial charge in [0.25, 0.3) is 0 Å². The molecular weight excluding hydrogens is 364 g/mol. The summed E-state index contributed by atoms with van der Waals surface area (Å²) in [6.45, 7) is 19.2. The van der Waals surface area contributed by atoms with Gasteiger partial charge in [-0.3, -0.25) is 0 Å². The third-order valence-electron chi connectivity index (χ3n) is 11.0. The van der Waals surface area contributed by atoms with Crippen molar-refractivity contribution in [3.05, 3.63) is 24.3 Å². The zero-order valence-electron chi connectivity index (χ0n) is 20.7. The molecule has 0 heterocycles. The molecule has 1 nitrogen and oxygen atoms in total. The van der Waals surface area contributed by atoms with Crippen LogP contribution in [0.2, 0.25) is 0 Å². The van der Waals surface area contributed by atoms with Crippen molar-refractivity contribution in [2.24, 2.45) is 51.8 Å². The van der Waals surface area contributed by atoms with Crippen LogP contribution in [0.25, 0.3) is 0 Å². The van der Waals surface area contributed by atoms with E-state index < -0.39 is 0 Å². The van der Waals surface area contributed by atoms with Gasteiger partial charge in [-0.2, -0.15) is 0 Å². The summed E-state index contributed by atoms with van der Waals surface area (Å²) >= 11 is 0. The smallest absolute Gasteiger partial charge is 0.0605 e. The number of hydrogen-bond acceptors (Lipinski definition) is 1. The second-order valence-electron chi connectivity index (χ2n) is 13.1. The molecule has 0 amide bonds. The average molecular weight is 413 g/mol. The Bertz CT molecular complexity index is 686. The quantitative estimate of drug-likeness (QED) is 0.469. The molecule has 0 aliphatic heterocycles. The lowest BCUT2D eigenvalue weighted by Gasteiger charge is -2.63. The Balaban J connectivity index is 1.71. The molecule has 8 atom stereocenters. The fourth-order valence-electron chi connectivity index (χ4n) is 8.91. The minimum Gasteiger partial charge on any atom is -0.393 e. The molecular formula is C29H48O. The van der Waals surface area contributed by atoms with Crippen molar-refractivity contribution >= 4 is 0 Å². The zero-order valence-corrected chi connectivity index (χ0v) is 20.7. The van der Waals surface area contributed by atoms with E-state index in [0.29, 0.717) is 11.3 Å². The van der Waals surface area contributed by atoms with Gasteiger partial charge in [0.05, 0.1) is 6.10 Å². The first-order valence-corrected chi connectivity index (χ1v) is 13.1. The van der Waals surface area contributed by atoms with Crippen molar-refractivity contribution in [3.8, 4) is 0 Å². The van der Waals surface area contributed by atoms with Gasteiger partial charge >= 0.3 is 0 Å². The molecule has 0 saturated heterocycles. The van der Waals surface area contributed by atoms with Gasteiger partial charge in [-0.1, -0.05) is 59.3 Å². The summed E-state index contributed by atoms with van der Waals surface area (Å²) in [6.07, 6.45) is 16.2. The van der Waals surface area contributed by atoms with Gasteiger partial charge in [0.1, 0.15) is 0 Å². The van der Waals surface area contributed by atoms with Crippen molar-refractivity contribution in [3.63, 3.8) is 0 Å². The SMILES string of the molecule is C=CC1C(O)CCC(C)(C)[C@]2(C)C3=CCC4CC(CC(C)C)CCC4(C)C3CCC12. The minimum atomic E-state index is -0.218. The van der Waals surface area contributed by atoms with Crippen LogP contribution in [0.5, 0.6) is 0 Å². The van der Waals surface area contributed by atoms with E-state index in [1.165, 1.54) is 44.9 Å². The van der Waals surface area contributed by atoms with Crippen molar-refractivity contribution in [1.29, 1.82) is 0 Å². The summed E-state index contributed by atoms with van der Waals surface area (Å²) in [7, 11) is 0. The molecule has 3 fully saturated rings. The molecule has 1 N–H and O–H groups in total. The molecule has 0 bridgehead atoms. The molecule has 0 radical (unpaired) electrons. The van der Waals surface area contributed by atoms with E-state index in [-0.39, 0.29) is 22.9 Å². The molecule has 0 aromatic heterocycles. The molecule has 0 spiro atoms. The van der Waals surface area contributed by atoms with E-state index in [0.717, 1.165) is 36.5 Å². The van der Waals surface area contributed by atoms with Crippen LogP contribution in [0, 0.1) is 51.8 Å². The zero-order chi connectivity index (χ0) is 21.9. The molecule has 4 aliphatic rings. The Morgan fingerprint density at radius 3 is 2.50 bits per heavy atom. The maximum atomic E-state index is 11.0. The third kappa shape index (κ3) is 3.28. The maximum absolute atomic E-state index is 11.0. The van der Waals surface area contributed by atoms with Crippen LogP contribution in [0.1, 0.15) is 99.3 Å². The standard InChI is InChI=1S/C29H48O/c1-8-22-23-11-12-24-25(29(23,7)27(4,5)15-14-26(22)30)10-9-21-18-20(17-19(2)3)13-16-28(21,24)6/h8,10,19-24,26,30H,1,9,11-18H2,2-7H3/t20?,21?,22?,23?,24?,26?,28?,29-/m0/s1. The number of fused-ring (bicyclic) bond motifs is 5. The average Bonchev–Trinajstić information content (AvgIpc) is 2.75. The second-order valence-corrected chi connectivity index (χ2v) is 13.1. The Morgan fingerprint density at radius 2 is 1.83 bits per heavy atom. The molecule has 3 saturated carbocycles. The molecule has 7 unspecified atom stereocenters. The van der Waals surface area contributed by atoms with Crippen LogP contribution >= 0.6 is 0 Å². The van der Waals surface area contributed by atoms with E-state index in [1.54, 1.807) is 5.57 Å². The normalized spacial score (nSPS) is 48.1. The summed E-state index contributed by atoms with van der Waals surface area (Å²) < 4.78 is 0. The van der Waals surface area contributed by atoms with Gasteiger partial charge in [-0.15, -0.1) is 6.58 Å². The molecule has 4 rings (SSSR count). The van der Waals surface area contributed by atoms with Crippen LogP contribution in [-0.4, -0.2) is 11.2 Å². The van der Waals surface area contributed by atoms with Gasteiger partial charge in [0.2, 0.25) is 0 Å². The summed E-state index contributed by atoms with van der Waals surface area (Å²) in [5.74, 6) is 4.17. The highest BCUT2D eigenvalue weighted by Crippen LogP contribution is 2.69. The first kappa shape index (κ1) is 22.6. The Kier molecular flexibility index (Phi) is 5.87. The van der Waals surface area contributed by atoms with E-state index in [1.807, 2.05) is 0 Å². The van der Waals surface area contributed by atoms with Crippen LogP contribution in [-0.2, 0) is 0 Å². The monoisotopic (exact) mass is 412 g/mol. The fraction of sp³-hybridized carbons (Fsp3) is 0.862. The minimum absolute atomic E-state index is 0.176. The van der Waals surface area contributed by atoms with E-state index in [9.17, 15) is 5.11 Å². The topological polar surface area (TPSA) is 20.2 Å². The number of aliphatic hydroxyl groups excluding tert-OH is 1. The van der Waals surface area contributed by atoms with Crippen LogP contribution in [0.15, 0.2) is 24.3 Å². The molecule has 0 aromatic rings. The summed E-state index contributed by atoms with van der Waals surface area (Å²) in [5, 5.41) is 11.0. The number of allylic oxidation sites excluding steroid dienone is 2. The first-order valence-electron chi connectivity index (χ1n) is 13.1. The first-order chi connectivity index (χ1) is 14.0. The lowest BCUT2D eigenvalue weighted by Crippen LogP contribution is -2.55. The fourth-order valence-corrected chi connectivity index (χ4v) is 8.91. The Labute approximate surface area is 186 Å². The lowest BCUT2D eigenvalue weighted by atomic mass is 9.41. The Morgan fingerprint density at radius 1 is 1.10 bits per heavy atom. The van der Waals surface area contributed by atoms with E-state index in [2.05, 4.69) is 60.3 Å². The lowest BCUT2D eigenvalue weighted by molar-refractivity contribution is -0.0613. The molecule has 0 aromatic carbocycles. The molecule has 1 heteroatoms. The van der Waals surface area contributed by atoms with Gasteiger partial charge in [0, 0.05) is 5.92 Å². The highest BCUT2D eigenvalue weighted by molar-refractivity contribution is 5.32. The largest absolute Gasteiger partial charge is 0.393 e. The number of aliphatic hydroxyl groups is 1. The van der Waals surface area contributed by atoms with Crippen LogP contribution < -0.4 is 0 Å². The van der Waals surface area contributed by atoms with Gasteiger partial charge < -0.3 is 5.11 Å². The van der Waals surface area contributed by atoms with Crippen LogP contribution in [0.3, 0.4) is 0 Å². The second kappa shape index (κ2) is 7.79. The highest BCUT2D eigenvalue weighted by atomic mass is 16.3. The van der Waals surface area contributed by atoms with Gasteiger partial charge in [0.15, 0.2) is 0 Å². The number of hydrogen-bond donors (Lipinski definition) is 1. The predicted molar refractivity (Wildman–Crippen MR) is 128 cm³/mol. The molecule has 4 aliphatic carbocycles. The maximum Gasteiger partial charge on any atom is 0.0605 e. The van der Waals surface area contributed by atoms with Gasteiger partial charge in [-0.25, -0.2) is 0 Å². The van der Waals surface area contributed by atoms with Crippen molar-refractivity contribution in [2.75, 3.05) is 0 Å². The van der Waals surface area contributed by atoms with Crippen molar-refractivity contribution in [1.82, 2.24) is 0 Å². The van der Waals surface area contributed by atoms with Crippen molar-refractivity contribution in [2.45, 2.75) is 105 Å². The third-order valence-corrected chi connectivity index (χ3v) is 11.0. The Hall–Kier alpha value is -0.560. The van der Waals surface area contributed by atoms with E-state index >= 15 is 0 Å². The predicted octanol–water partition coefficient (Wildman–Crippen LogP) is 7.80. The van der Waals surface area contributed by atoms with Crippen molar-refractivity contribution < 1.29 is 5.11 Å². The summed E-state index contributed by atoms with van der Waals surface area (Å²) in [5.41, 5.74) is 2.66. The van der Waals surface area contributed by atoms with E-state index in [4.69, 9.17) is 0 Å². The van der Waals surface area contributed by atoms with Crippen LogP contribution in [0.4, 0.5) is 0 Å². The van der Waals surface area contributed by atoms with Gasteiger partial charge in [-0.05, 0) is 104 Å². The summed E-state index contributed by atoms with van der Waals surface area (Å²) in [6, 6.07) is 0. The summed E-state index contributed by atoms with van der Waals surface area (Å²) in [4.78, 5) is 0. The number of rotatable bonds is 3. The molecule has 170 valence electrons.